The van der Waals surface area contributed by atoms with Gasteiger partial charge in [-0.2, -0.15) is 0 Å². The van der Waals surface area contributed by atoms with Crippen LogP contribution >= 0.6 is 22.9 Å². The minimum atomic E-state index is -0.746. The number of para-hydroxylation sites is 2. The normalized spacial score (nSPS) is 15.0. The highest BCUT2D eigenvalue weighted by Crippen LogP contribution is 2.35. The van der Waals surface area contributed by atoms with Crippen molar-refractivity contribution in [2.24, 2.45) is 4.99 Å². The zero-order valence-electron chi connectivity index (χ0n) is 23.3. The maximum Gasteiger partial charge on any atom is 0.338 e. The molecule has 7 nitrogen and oxygen atoms in total. The first-order valence-corrected chi connectivity index (χ1v) is 14.7. The number of carbonyl (C=O) groups is 1. The molecule has 0 N–H and O–H groups in total. The average Bonchev–Trinajstić information content (AvgIpc) is 3.49. The number of rotatable bonds is 7. The molecule has 0 radical (unpaired) electrons. The molecule has 0 bridgehead atoms. The van der Waals surface area contributed by atoms with Gasteiger partial charge < -0.3 is 14.0 Å². The van der Waals surface area contributed by atoms with Crippen LogP contribution in [0, 0.1) is 0 Å². The van der Waals surface area contributed by atoms with Gasteiger partial charge in [0.25, 0.3) is 5.56 Å². The highest BCUT2D eigenvalue weighted by atomic mass is 35.5. The Bertz CT molecular complexity index is 2040. The number of carbonyl (C=O) groups excluding carboxylic acids is 1. The van der Waals surface area contributed by atoms with Gasteiger partial charge in [0.05, 0.1) is 29.5 Å². The number of benzene rings is 3. The zero-order valence-corrected chi connectivity index (χ0v) is 24.9. The maximum absolute atomic E-state index is 14.1. The highest BCUT2D eigenvalue weighted by molar-refractivity contribution is 7.07. The van der Waals surface area contributed by atoms with Gasteiger partial charge in [-0.15, -0.1) is 0 Å². The van der Waals surface area contributed by atoms with Crippen LogP contribution in [0.5, 0.6) is 5.75 Å². The van der Waals surface area contributed by atoms with E-state index in [0.29, 0.717) is 43.5 Å². The van der Waals surface area contributed by atoms with Crippen LogP contribution in [0.2, 0.25) is 5.02 Å². The molecule has 212 valence electrons. The molecule has 1 atom stereocenters. The Morgan fingerprint density at radius 2 is 1.81 bits per heavy atom. The Morgan fingerprint density at radius 1 is 1.07 bits per heavy atom. The van der Waals surface area contributed by atoms with E-state index in [1.807, 2.05) is 66.7 Å². The van der Waals surface area contributed by atoms with Crippen LogP contribution in [0.25, 0.3) is 17.0 Å². The van der Waals surface area contributed by atoms with Crippen LogP contribution < -0.4 is 19.6 Å². The van der Waals surface area contributed by atoms with Crippen molar-refractivity contribution in [1.29, 1.82) is 0 Å². The summed E-state index contributed by atoms with van der Waals surface area (Å²) in [5, 5.41) is 1.72. The first-order chi connectivity index (χ1) is 20.4. The molecule has 3 aromatic carbocycles. The topological polar surface area (TPSA) is 74.8 Å². The Kier molecular flexibility index (Phi) is 7.58. The summed E-state index contributed by atoms with van der Waals surface area (Å²) in [6.07, 6.45) is 3.97. The molecule has 6 rings (SSSR count). The van der Waals surface area contributed by atoms with Crippen molar-refractivity contribution in [3.05, 3.63) is 132 Å². The largest absolute Gasteiger partial charge is 0.496 e. The Morgan fingerprint density at radius 3 is 2.57 bits per heavy atom. The van der Waals surface area contributed by atoms with Gasteiger partial charge in [0, 0.05) is 39.8 Å². The van der Waals surface area contributed by atoms with Crippen molar-refractivity contribution in [1.82, 2.24) is 9.13 Å². The number of ether oxygens (including phenoxy) is 2. The van der Waals surface area contributed by atoms with Crippen molar-refractivity contribution in [2.45, 2.75) is 26.4 Å². The van der Waals surface area contributed by atoms with E-state index in [4.69, 9.17) is 26.1 Å². The lowest BCUT2D eigenvalue weighted by atomic mass is 9.95. The first kappa shape index (κ1) is 27.8. The van der Waals surface area contributed by atoms with E-state index in [9.17, 15) is 9.59 Å². The van der Waals surface area contributed by atoms with Gasteiger partial charge in [-0.3, -0.25) is 9.36 Å². The maximum atomic E-state index is 14.1. The number of hydrogen-bond acceptors (Lipinski definition) is 6. The molecule has 5 aromatic rings. The summed E-state index contributed by atoms with van der Waals surface area (Å²) in [6, 6.07) is 22.6. The predicted octanol–water partition coefficient (Wildman–Crippen LogP) is 5.46. The number of hydrogen-bond donors (Lipinski definition) is 0. The summed E-state index contributed by atoms with van der Waals surface area (Å²) in [5.41, 5.74) is 4.36. The predicted molar refractivity (Wildman–Crippen MR) is 166 cm³/mol. The Labute approximate surface area is 251 Å². The molecule has 0 saturated heterocycles. The van der Waals surface area contributed by atoms with Gasteiger partial charge in [0.2, 0.25) is 0 Å². The van der Waals surface area contributed by atoms with E-state index < -0.39 is 12.0 Å². The fraction of sp³-hybridized carbons (Fsp3) is 0.182. The molecule has 1 aliphatic heterocycles. The monoisotopic (exact) mass is 597 g/mol. The molecule has 9 heteroatoms. The summed E-state index contributed by atoms with van der Waals surface area (Å²) in [4.78, 5) is 32.6. The molecule has 0 fully saturated rings. The van der Waals surface area contributed by atoms with Crippen LogP contribution in [0.3, 0.4) is 0 Å². The Balaban J connectivity index is 1.53. The number of methoxy groups -OCH3 is 1. The summed E-state index contributed by atoms with van der Waals surface area (Å²) in [6.45, 7) is 4.39. The van der Waals surface area contributed by atoms with Gasteiger partial charge in [0.15, 0.2) is 4.80 Å². The van der Waals surface area contributed by atoms with E-state index in [2.05, 4.69) is 22.9 Å². The minimum absolute atomic E-state index is 0.207. The quantitative estimate of drug-likeness (QED) is 0.233. The Hall–Kier alpha value is -4.40. The van der Waals surface area contributed by atoms with Crippen molar-refractivity contribution >= 4 is 45.9 Å². The summed E-state index contributed by atoms with van der Waals surface area (Å²) >= 11 is 7.39. The SMILES string of the molecule is CCOC(=O)C1=C(C)N=c2s/c(=C/c3cn(Cc4ccc(Cl)cc4)c4ccccc34)c(=O)n2[C@H]1c1ccccc1OC. The molecule has 42 heavy (non-hydrogen) atoms. The lowest BCUT2D eigenvalue weighted by molar-refractivity contribution is -0.139. The number of halogens is 1. The van der Waals surface area contributed by atoms with Crippen molar-refractivity contribution < 1.29 is 14.3 Å². The second-order valence-corrected chi connectivity index (χ2v) is 11.3. The molecule has 0 unspecified atom stereocenters. The van der Waals surface area contributed by atoms with E-state index in [1.165, 1.54) is 11.3 Å². The van der Waals surface area contributed by atoms with Gasteiger partial charge in [-0.1, -0.05) is 71.5 Å². The standard InChI is InChI=1S/C33H28ClN3O4S/c1-4-41-32(39)29-20(2)35-33-37(30(29)25-10-6-8-12-27(25)40-3)31(38)28(42-33)17-22-19-36(26-11-7-5-9-24(22)26)18-21-13-15-23(34)16-14-21/h5-17,19,30H,4,18H2,1-3H3/b28-17+/t30-/m0/s1. The third-order valence-corrected chi connectivity index (χ3v) is 8.56. The van der Waals surface area contributed by atoms with Crippen LogP contribution in [-0.2, 0) is 16.1 Å². The van der Waals surface area contributed by atoms with Crippen LogP contribution in [0.1, 0.15) is 36.6 Å². The third-order valence-electron chi connectivity index (χ3n) is 7.32. The van der Waals surface area contributed by atoms with Crippen LogP contribution in [-0.4, -0.2) is 28.8 Å². The van der Waals surface area contributed by atoms with Gasteiger partial charge >= 0.3 is 5.97 Å². The highest BCUT2D eigenvalue weighted by Gasteiger charge is 2.35. The average molecular weight is 598 g/mol. The van der Waals surface area contributed by atoms with Crippen LogP contribution in [0.15, 0.2) is 100 Å². The van der Waals surface area contributed by atoms with E-state index in [0.717, 1.165) is 22.0 Å². The van der Waals surface area contributed by atoms with Gasteiger partial charge in [0.1, 0.15) is 11.8 Å². The molecule has 2 aromatic heterocycles. The zero-order chi connectivity index (χ0) is 29.4. The fourth-order valence-corrected chi connectivity index (χ4v) is 6.59. The molecule has 0 amide bonds. The molecule has 0 saturated carbocycles. The van der Waals surface area contributed by atoms with Gasteiger partial charge in [-0.25, -0.2) is 9.79 Å². The van der Waals surface area contributed by atoms with E-state index in [1.54, 1.807) is 25.5 Å². The van der Waals surface area contributed by atoms with Crippen LogP contribution in [0.4, 0.5) is 0 Å². The molecular formula is C33H28ClN3O4S. The number of nitrogens with zero attached hydrogens (tertiary/aromatic N) is 3. The molecule has 0 spiro atoms. The number of esters is 1. The summed E-state index contributed by atoms with van der Waals surface area (Å²) in [5.74, 6) is 0.0630. The second-order valence-electron chi connectivity index (χ2n) is 9.90. The number of allylic oxidation sites excluding steroid dienone is 1. The van der Waals surface area contributed by atoms with Crippen molar-refractivity contribution in [3.63, 3.8) is 0 Å². The van der Waals surface area contributed by atoms with E-state index in [-0.39, 0.29) is 12.2 Å². The minimum Gasteiger partial charge on any atom is -0.496 e. The smallest absolute Gasteiger partial charge is 0.338 e. The van der Waals surface area contributed by atoms with Gasteiger partial charge in [-0.05, 0) is 49.8 Å². The third kappa shape index (κ3) is 4.97. The molecule has 1 aliphatic rings. The lowest BCUT2D eigenvalue weighted by Crippen LogP contribution is -2.40. The van der Waals surface area contributed by atoms with Crippen molar-refractivity contribution in [2.75, 3.05) is 13.7 Å². The molecular weight excluding hydrogens is 570 g/mol. The summed E-state index contributed by atoms with van der Waals surface area (Å²) in [7, 11) is 1.57. The van der Waals surface area contributed by atoms with Crippen molar-refractivity contribution in [3.8, 4) is 5.75 Å². The van der Waals surface area contributed by atoms with E-state index >= 15 is 0 Å². The molecule has 3 heterocycles. The first-order valence-electron chi connectivity index (χ1n) is 13.5. The molecule has 0 aliphatic carbocycles. The second kappa shape index (κ2) is 11.5. The lowest BCUT2D eigenvalue weighted by Gasteiger charge is -2.25. The summed E-state index contributed by atoms with van der Waals surface area (Å²) < 4.78 is 15.3. The fourth-order valence-electron chi connectivity index (χ4n) is 5.43. The number of fused-ring (bicyclic) bond motifs is 2. The number of aromatic nitrogens is 2. The number of thiazole rings is 1.